The molecule has 20 heavy (non-hydrogen) atoms. The molecule has 4 heteroatoms. The van der Waals surface area contributed by atoms with Gasteiger partial charge in [-0.05, 0) is 30.9 Å². The topological polar surface area (TPSA) is 52.6 Å². The molecule has 0 radical (unpaired) electrons. The highest BCUT2D eigenvalue weighted by atomic mass is 16.6. The predicted molar refractivity (Wildman–Crippen MR) is 76.5 cm³/mol. The highest BCUT2D eigenvalue weighted by Crippen LogP contribution is 2.28. The minimum atomic E-state index is -1.01. The third-order valence-electron chi connectivity index (χ3n) is 2.97. The standard InChI is InChI=1S/C16H22O4/c1-5-19-15(17)14(16(18)20-6-2)13-10-8-7-9-12(13)11(3)4/h7-11,14H,5-6H2,1-4H3. The largest absolute Gasteiger partial charge is 0.465 e. The first-order chi connectivity index (χ1) is 9.52. The molecule has 1 aromatic rings. The van der Waals surface area contributed by atoms with Crippen LogP contribution in [-0.4, -0.2) is 25.2 Å². The lowest BCUT2D eigenvalue weighted by Crippen LogP contribution is -2.27. The number of rotatable bonds is 6. The number of ether oxygens (including phenoxy) is 2. The van der Waals surface area contributed by atoms with Gasteiger partial charge >= 0.3 is 11.9 Å². The van der Waals surface area contributed by atoms with Crippen LogP contribution in [-0.2, 0) is 19.1 Å². The van der Waals surface area contributed by atoms with E-state index in [9.17, 15) is 9.59 Å². The van der Waals surface area contributed by atoms with Crippen molar-refractivity contribution in [3.8, 4) is 0 Å². The van der Waals surface area contributed by atoms with Gasteiger partial charge < -0.3 is 9.47 Å². The van der Waals surface area contributed by atoms with E-state index in [0.717, 1.165) is 5.56 Å². The second-order valence-corrected chi connectivity index (χ2v) is 4.72. The maximum Gasteiger partial charge on any atom is 0.324 e. The number of hydrogen-bond donors (Lipinski definition) is 0. The van der Waals surface area contributed by atoms with Crippen molar-refractivity contribution in [1.29, 1.82) is 0 Å². The van der Waals surface area contributed by atoms with Gasteiger partial charge in [-0.2, -0.15) is 0 Å². The fourth-order valence-electron chi connectivity index (χ4n) is 2.10. The molecular weight excluding hydrogens is 256 g/mol. The number of carbonyl (C=O) groups is 2. The summed E-state index contributed by atoms with van der Waals surface area (Å²) < 4.78 is 10.0. The summed E-state index contributed by atoms with van der Waals surface area (Å²) in [6.45, 7) is 7.94. The summed E-state index contributed by atoms with van der Waals surface area (Å²) in [6.07, 6.45) is 0. The SMILES string of the molecule is CCOC(=O)C(C(=O)OCC)c1ccccc1C(C)C. The van der Waals surface area contributed by atoms with Crippen molar-refractivity contribution < 1.29 is 19.1 Å². The van der Waals surface area contributed by atoms with Crippen LogP contribution in [0.25, 0.3) is 0 Å². The molecule has 0 atom stereocenters. The zero-order valence-electron chi connectivity index (χ0n) is 12.5. The van der Waals surface area contributed by atoms with Crippen LogP contribution >= 0.6 is 0 Å². The lowest BCUT2D eigenvalue weighted by atomic mass is 9.89. The highest BCUT2D eigenvalue weighted by Gasteiger charge is 2.33. The lowest BCUT2D eigenvalue weighted by molar-refractivity contribution is -0.156. The van der Waals surface area contributed by atoms with E-state index in [1.54, 1.807) is 19.9 Å². The number of hydrogen-bond acceptors (Lipinski definition) is 4. The van der Waals surface area contributed by atoms with Crippen LogP contribution in [0.1, 0.15) is 50.7 Å². The second kappa shape index (κ2) is 7.68. The summed E-state index contributed by atoms with van der Waals surface area (Å²) in [4.78, 5) is 24.2. The zero-order chi connectivity index (χ0) is 15.1. The van der Waals surface area contributed by atoms with Gasteiger partial charge in [-0.3, -0.25) is 9.59 Å². The first-order valence-electron chi connectivity index (χ1n) is 6.94. The quantitative estimate of drug-likeness (QED) is 0.593. The third-order valence-corrected chi connectivity index (χ3v) is 2.97. The van der Waals surface area contributed by atoms with E-state index < -0.39 is 17.9 Å². The maximum absolute atomic E-state index is 12.1. The van der Waals surface area contributed by atoms with Gasteiger partial charge in [-0.15, -0.1) is 0 Å². The Morgan fingerprint density at radius 1 is 0.950 bits per heavy atom. The summed E-state index contributed by atoms with van der Waals surface area (Å²) in [5.41, 5.74) is 1.62. The fraction of sp³-hybridized carbons (Fsp3) is 0.500. The van der Waals surface area contributed by atoms with Crippen LogP contribution in [0.4, 0.5) is 0 Å². The van der Waals surface area contributed by atoms with E-state index >= 15 is 0 Å². The molecule has 0 fully saturated rings. The molecule has 0 saturated carbocycles. The Hall–Kier alpha value is -1.84. The van der Waals surface area contributed by atoms with E-state index in [0.29, 0.717) is 5.56 Å². The van der Waals surface area contributed by atoms with E-state index in [1.165, 1.54) is 0 Å². The molecule has 4 nitrogen and oxygen atoms in total. The van der Waals surface area contributed by atoms with Crippen LogP contribution in [0.5, 0.6) is 0 Å². The number of esters is 2. The van der Waals surface area contributed by atoms with Crippen molar-refractivity contribution in [3.63, 3.8) is 0 Å². The number of benzene rings is 1. The van der Waals surface area contributed by atoms with Gasteiger partial charge in [0.15, 0.2) is 5.92 Å². The number of carbonyl (C=O) groups excluding carboxylic acids is 2. The van der Waals surface area contributed by atoms with Crippen molar-refractivity contribution in [2.45, 2.75) is 39.5 Å². The van der Waals surface area contributed by atoms with Gasteiger partial charge in [-0.1, -0.05) is 38.1 Å². The fourth-order valence-corrected chi connectivity index (χ4v) is 2.10. The van der Waals surface area contributed by atoms with E-state index in [2.05, 4.69) is 0 Å². The van der Waals surface area contributed by atoms with E-state index in [1.807, 2.05) is 32.0 Å². The second-order valence-electron chi connectivity index (χ2n) is 4.72. The smallest absolute Gasteiger partial charge is 0.324 e. The molecule has 0 spiro atoms. The Bertz CT molecular complexity index is 447. The molecule has 0 aliphatic heterocycles. The molecule has 0 aliphatic rings. The third kappa shape index (κ3) is 3.83. The Labute approximate surface area is 120 Å². The van der Waals surface area contributed by atoms with Gasteiger partial charge in [0, 0.05) is 0 Å². The van der Waals surface area contributed by atoms with Gasteiger partial charge in [0.05, 0.1) is 13.2 Å². The van der Waals surface area contributed by atoms with E-state index in [-0.39, 0.29) is 19.1 Å². The molecule has 0 N–H and O–H groups in total. The normalized spacial score (nSPS) is 10.7. The molecule has 0 bridgehead atoms. The molecule has 110 valence electrons. The first kappa shape index (κ1) is 16.2. The van der Waals surface area contributed by atoms with Gasteiger partial charge in [0.2, 0.25) is 0 Å². The van der Waals surface area contributed by atoms with Crippen molar-refractivity contribution in [3.05, 3.63) is 35.4 Å². The zero-order valence-corrected chi connectivity index (χ0v) is 12.5. The lowest BCUT2D eigenvalue weighted by Gasteiger charge is -2.19. The van der Waals surface area contributed by atoms with Crippen molar-refractivity contribution in [1.82, 2.24) is 0 Å². The van der Waals surface area contributed by atoms with Gasteiger partial charge in [0.25, 0.3) is 0 Å². The summed E-state index contributed by atoms with van der Waals surface area (Å²) in [6, 6.07) is 7.41. The molecule has 0 heterocycles. The van der Waals surface area contributed by atoms with Crippen molar-refractivity contribution in [2.24, 2.45) is 0 Å². The summed E-state index contributed by atoms with van der Waals surface area (Å²) in [5.74, 6) is -1.91. The van der Waals surface area contributed by atoms with Crippen LogP contribution in [0, 0.1) is 0 Å². The molecule has 0 aromatic heterocycles. The summed E-state index contributed by atoms with van der Waals surface area (Å²) in [5, 5.41) is 0. The molecule has 0 saturated heterocycles. The summed E-state index contributed by atoms with van der Waals surface area (Å²) >= 11 is 0. The van der Waals surface area contributed by atoms with Crippen molar-refractivity contribution in [2.75, 3.05) is 13.2 Å². The summed E-state index contributed by atoms with van der Waals surface area (Å²) in [7, 11) is 0. The minimum Gasteiger partial charge on any atom is -0.465 e. The maximum atomic E-state index is 12.1. The Balaban J connectivity index is 3.23. The Kier molecular flexibility index (Phi) is 6.22. The highest BCUT2D eigenvalue weighted by molar-refractivity contribution is 6.01. The molecule has 1 aromatic carbocycles. The van der Waals surface area contributed by atoms with Gasteiger partial charge in [-0.25, -0.2) is 0 Å². The predicted octanol–water partition coefficient (Wildman–Crippen LogP) is 3.02. The molecule has 0 unspecified atom stereocenters. The molecule has 1 rings (SSSR count). The van der Waals surface area contributed by atoms with Crippen LogP contribution < -0.4 is 0 Å². The Morgan fingerprint density at radius 2 is 1.40 bits per heavy atom. The monoisotopic (exact) mass is 278 g/mol. The Morgan fingerprint density at radius 3 is 1.80 bits per heavy atom. The average molecular weight is 278 g/mol. The van der Waals surface area contributed by atoms with Crippen molar-refractivity contribution >= 4 is 11.9 Å². The van der Waals surface area contributed by atoms with Crippen LogP contribution in [0.2, 0.25) is 0 Å². The van der Waals surface area contributed by atoms with Crippen LogP contribution in [0.15, 0.2) is 24.3 Å². The average Bonchev–Trinajstić information content (AvgIpc) is 2.40. The van der Waals surface area contributed by atoms with Crippen LogP contribution in [0.3, 0.4) is 0 Å². The molecule has 0 amide bonds. The molecular formula is C16H22O4. The van der Waals surface area contributed by atoms with Gasteiger partial charge in [0.1, 0.15) is 0 Å². The minimum absolute atomic E-state index is 0.206. The molecule has 0 aliphatic carbocycles. The van der Waals surface area contributed by atoms with E-state index in [4.69, 9.17) is 9.47 Å². The first-order valence-corrected chi connectivity index (χ1v) is 6.94.